The third kappa shape index (κ3) is 3.83. The van der Waals surface area contributed by atoms with Crippen molar-refractivity contribution in [3.8, 4) is 11.8 Å². The lowest BCUT2D eigenvalue weighted by Gasteiger charge is -2.11. The van der Waals surface area contributed by atoms with Crippen LogP contribution in [0.5, 0.6) is 5.75 Å². The van der Waals surface area contributed by atoms with Gasteiger partial charge in [-0.05, 0) is 6.54 Å². The standard InChI is InChI=1S/C11H12F2N2O/c1-2-15-10(6-14)7-16-11-4-8(12)3-9(13)5-11/h3-5,10,15H,2,7H2,1H3. The van der Waals surface area contributed by atoms with E-state index in [2.05, 4.69) is 5.32 Å². The van der Waals surface area contributed by atoms with Crippen LogP contribution in [0.25, 0.3) is 0 Å². The van der Waals surface area contributed by atoms with Crippen molar-refractivity contribution in [2.24, 2.45) is 0 Å². The van der Waals surface area contributed by atoms with Crippen LogP contribution in [0, 0.1) is 23.0 Å². The highest BCUT2D eigenvalue weighted by Crippen LogP contribution is 2.15. The minimum absolute atomic E-state index is 0.0488. The van der Waals surface area contributed by atoms with Gasteiger partial charge in [-0.1, -0.05) is 6.92 Å². The monoisotopic (exact) mass is 226 g/mol. The van der Waals surface area contributed by atoms with Crippen LogP contribution in [0.2, 0.25) is 0 Å². The van der Waals surface area contributed by atoms with E-state index in [4.69, 9.17) is 10.00 Å². The molecule has 0 saturated carbocycles. The molecule has 1 N–H and O–H groups in total. The summed E-state index contributed by atoms with van der Waals surface area (Å²) in [5.74, 6) is -1.32. The molecular formula is C11H12F2N2O. The fourth-order valence-corrected chi connectivity index (χ4v) is 1.18. The first-order chi connectivity index (χ1) is 7.65. The Labute approximate surface area is 92.6 Å². The fraction of sp³-hybridized carbons (Fsp3) is 0.364. The number of nitrogens with zero attached hydrogens (tertiary/aromatic N) is 1. The maximum atomic E-state index is 12.8. The number of benzene rings is 1. The van der Waals surface area contributed by atoms with Crippen molar-refractivity contribution in [3.05, 3.63) is 29.8 Å². The SMILES string of the molecule is CCNC(C#N)COc1cc(F)cc(F)c1. The van der Waals surface area contributed by atoms with Gasteiger partial charge in [0.05, 0.1) is 6.07 Å². The van der Waals surface area contributed by atoms with Crippen LogP contribution in [0.15, 0.2) is 18.2 Å². The van der Waals surface area contributed by atoms with Gasteiger partial charge in [-0.25, -0.2) is 8.78 Å². The maximum Gasteiger partial charge on any atom is 0.130 e. The summed E-state index contributed by atoms with van der Waals surface area (Å²) < 4.78 is 30.7. The molecule has 5 heteroatoms. The Hall–Kier alpha value is -1.67. The van der Waals surface area contributed by atoms with E-state index in [1.54, 1.807) is 0 Å². The van der Waals surface area contributed by atoms with Crippen molar-refractivity contribution < 1.29 is 13.5 Å². The zero-order valence-electron chi connectivity index (χ0n) is 8.84. The molecule has 86 valence electrons. The second-order valence-electron chi connectivity index (χ2n) is 3.16. The Kier molecular flexibility index (Phi) is 4.67. The van der Waals surface area contributed by atoms with Crippen molar-refractivity contribution in [1.29, 1.82) is 5.26 Å². The lowest BCUT2D eigenvalue weighted by Crippen LogP contribution is -2.33. The molecule has 0 aromatic heterocycles. The zero-order chi connectivity index (χ0) is 12.0. The van der Waals surface area contributed by atoms with Crippen molar-refractivity contribution in [2.45, 2.75) is 13.0 Å². The lowest BCUT2D eigenvalue weighted by atomic mass is 10.3. The molecule has 16 heavy (non-hydrogen) atoms. The van der Waals surface area contributed by atoms with E-state index in [1.807, 2.05) is 13.0 Å². The first-order valence-corrected chi connectivity index (χ1v) is 4.87. The molecule has 0 fully saturated rings. The maximum absolute atomic E-state index is 12.8. The predicted octanol–water partition coefficient (Wildman–Crippen LogP) is 1.85. The zero-order valence-corrected chi connectivity index (χ0v) is 8.84. The number of rotatable bonds is 5. The van der Waals surface area contributed by atoms with Crippen LogP contribution < -0.4 is 10.1 Å². The van der Waals surface area contributed by atoms with Crippen molar-refractivity contribution in [1.82, 2.24) is 5.32 Å². The van der Waals surface area contributed by atoms with E-state index in [0.29, 0.717) is 6.54 Å². The predicted molar refractivity (Wildman–Crippen MR) is 54.9 cm³/mol. The van der Waals surface area contributed by atoms with E-state index in [1.165, 1.54) is 0 Å². The molecule has 0 spiro atoms. The number of hydrogen-bond donors (Lipinski definition) is 1. The summed E-state index contributed by atoms with van der Waals surface area (Å²) in [5.41, 5.74) is 0. The molecule has 1 atom stereocenters. The Bertz CT molecular complexity index is 370. The first-order valence-electron chi connectivity index (χ1n) is 4.87. The molecule has 0 bridgehead atoms. The number of nitriles is 1. The molecule has 0 amide bonds. The topological polar surface area (TPSA) is 45.0 Å². The van der Waals surface area contributed by atoms with Gasteiger partial charge in [-0.15, -0.1) is 0 Å². The highest BCUT2D eigenvalue weighted by molar-refractivity contribution is 5.23. The molecule has 0 aliphatic heterocycles. The van der Waals surface area contributed by atoms with E-state index < -0.39 is 17.7 Å². The third-order valence-corrected chi connectivity index (χ3v) is 1.86. The Morgan fingerprint density at radius 2 is 2.00 bits per heavy atom. The van der Waals surface area contributed by atoms with Crippen molar-refractivity contribution in [3.63, 3.8) is 0 Å². The van der Waals surface area contributed by atoms with E-state index >= 15 is 0 Å². The number of ether oxygens (including phenoxy) is 1. The summed E-state index contributed by atoms with van der Waals surface area (Å²) in [5, 5.41) is 11.6. The van der Waals surface area contributed by atoms with Gasteiger partial charge in [0.2, 0.25) is 0 Å². The second-order valence-corrected chi connectivity index (χ2v) is 3.16. The highest BCUT2D eigenvalue weighted by Gasteiger charge is 2.07. The lowest BCUT2D eigenvalue weighted by molar-refractivity contribution is 0.288. The smallest absolute Gasteiger partial charge is 0.130 e. The minimum Gasteiger partial charge on any atom is -0.491 e. The van der Waals surface area contributed by atoms with Gasteiger partial charge >= 0.3 is 0 Å². The van der Waals surface area contributed by atoms with E-state index in [0.717, 1.165) is 18.2 Å². The first kappa shape index (κ1) is 12.4. The third-order valence-electron chi connectivity index (χ3n) is 1.86. The Morgan fingerprint density at radius 3 is 2.50 bits per heavy atom. The van der Waals surface area contributed by atoms with Crippen LogP contribution in [-0.2, 0) is 0 Å². The van der Waals surface area contributed by atoms with Crippen molar-refractivity contribution in [2.75, 3.05) is 13.2 Å². The molecule has 0 aliphatic carbocycles. The minimum atomic E-state index is -0.702. The molecule has 3 nitrogen and oxygen atoms in total. The molecule has 0 aliphatic rings. The summed E-state index contributed by atoms with van der Waals surface area (Å²) in [7, 11) is 0. The summed E-state index contributed by atoms with van der Waals surface area (Å²) >= 11 is 0. The second kappa shape index (κ2) is 6.03. The Balaban J connectivity index is 2.57. The number of nitrogens with one attached hydrogen (secondary N) is 1. The molecule has 1 rings (SSSR count). The van der Waals surface area contributed by atoms with Gasteiger partial charge < -0.3 is 4.74 Å². The molecule has 0 radical (unpaired) electrons. The molecule has 1 aromatic carbocycles. The molecule has 0 saturated heterocycles. The largest absolute Gasteiger partial charge is 0.491 e. The van der Waals surface area contributed by atoms with E-state index in [9.17, 15) is 8.78 Å². The van der Waals surface area contributed by atoms with Crippen LogP contribution >= 0.6 is 0 Å². The number of halogens is 2. The van der Waals surface area contributed by atoms with Crippen LogP contribution in [0.3, 0.4) is 0 Å². The summed E-state index contributed by atoms with van der Waals surface area (Å²) in [6.07, 6.45) is 0. The molecular weight excluding hydrogens is 214 g/mol. The fourth-order valence-electron chi connectivity index (χ4n) is 1.18. The van der Waals surface area contributed by atoms with Gasteiger partial charge in [-0.2, -0.15) is 5.26 Å². The van der Waals surface area contributed by atoms with Gasteiger partial charge in [0, 0.05) is 18.2 Å². The Morgan fingerprint density at radius 1 is 1.38 bits per heavy atom. The molecule has 1 aromatic rings. The molecule has 1 unspecified atom stereocenters. The number of hydrogen-bond acceptors (Lipinski definition) is 3. The van der Waals surface area contributed by atoms with Gasteiger partial charge in [0.1, 0.15) is 30.0 Å². The van der Waals surface area contributed by atoms with E-state index in [-0.39, 0.29) is 12.4 Å². The van der Waals surface area contributed by atoms with Gasteiger partial charge in [-0.3, -0.25) is 5.32 Å². The average Bonchev–Trinajstić information content (AvgIpc) is 2.23. The van der Waals surface area contributed by atoms with Crippen molar-refractivity contribution >= 4 is 0 Å². The van der Waals surface area contributed by atoms with Crippen LogP contribution in [-0.4, -0.2) is 19.2 Å². The van der Waals surface area contributed by atoms with Crippen LogP contribution in [0.1, 0.15) is 6.92 Å². The molecule has 0 heterocycles. The summed E-state index contributed by atoms with van der Waals surface area (Å²) in [4.78, 5) is 0. The normalized spacial score (nSPS) is 11.9. The average molecular weight is 226 g/mol. The van der Waals surface area contributed by atoms with Crippen LogP contribution in [0.4, 0.5) is 8.78 Å². The summed E-state index contributed by atoms with van der Waals surface area (Å²) in [6, 6.07) is 4.40. The van der Waals surface area contributed by atoms with Gasteiger partial charge in [0.15, 0.2) is 0 Å². The summed E-state index contributed by atoms with van der Waals surface area (Å²) in [6.45, 7) is 2.53. The number of likely N-dealkylation sites (N-methyl/N-ethyl adjacent to an activating group) is 1. The quantitative estimate of drug-likeness (QED) is 0.833. The highest BCUT2D eigenvalue weighted by atomic mass is 19.1. The van der Waals surface area contributed by atoms with Gasteiger partial charge in [0.25, 0.3) is 0 Å².